The minimum Gasteiger partial charge on any atom is -0.438 e. The van der Waals surface area contributed by atoms with Crippen LogP contribution in [0.1, 0.15) is 68.9 Å². The number of fused-ring (bicyclic) bond motifs is 1. The van der Waals surface area contributed by atoms with E-state index >= 15 is 0 Å². The molecule has 1 fully saturated rings. The topological polar surface area (TPSA) is 75.4 Å². The molecule has 1 aliphatic carbocycles. The Balaban J connectivity index is 1.44. The van der Waals surface area contributed by atoms with Gasteiger partial charge in [0.05, 0.1) is 6.04 Å². The summed E-state index contributed by atoms with van der Waals surface area (Å²) < 4.78 is 5.78. The monoisotopic (exact) mass is 454 g/mol. The molecule has 2 N–H and O–H groups in total. The van der Waals surface area contributed by atoms with Gasteiger partial charge in [-0.25, -0.2) is 4.98 Å². The number of carbonyl (C=O) groups is 1. The molecule has 170 valence electrons. The van der Waals surface area contributed by atoms with Crippen LogP contribution in [0.15, 0.2) is 52.9 Å². The van der Waals surface area contributed by atoms with Crippen LogP contribution in [0.2, 0.25) is 5.02 Å². The lowest BCUT2D eigenvalue weighted by molar-refractivity contribution is -0.123. The van der Waals surface area contributed by atoms with E-state index in [2.05, 4.69) is 22.4 Å². The van der Waals surface area contributed by atoms with Crippen molar-refractivity contribution in [3.05, 3.63) is 65.0 Å². The fourth-order valence-corrected chi connectivity index (χ4v) is 4.75. The average Bonchev–Trinajstić information content (AvgIpc) is 3.24. The molecule has 2 atom stereocenters. The molecule has 0 spiro atoms. The maximum absolute atomic E-state index is 12.8. The Morgan fingerprint density at radius 3 is 2.72 bits per heavy atom. The first kappa shape index (κ1) is 22.8. The summed E-state index contributed by atoms with van der Waals surface area (Å²) in [5, 5.41) is 14.7. The SMILES string of the molecule is O=C(CCC1CCCCC1)N[C@@H](CCc1ccccc1)C(O)c1nc2cc(Cl)ccc2o1. The van der Waals surface area contributed by atoms with Gasteiger partial charge in [0, 0.05) is 11.4 Å². The molecule has 0 aliphatic heterocycles. The first-order valence-corrected chi connectivity index (χ1v) is 12.0. The molecule has 1 heterocycles. The number of halogens is 1. The zero-order chi connectivity index (χ0) is 22.3. The van der Waals surface area contributed by atoms with Crippen molar-refractivity contribution >= 4 is 28.6 Å². The van der Waals surface area contributed by atoms with Gasteiger partial charge in [-0.2, -0.15) is 0 Å². The lowest BCUT2D eigenvalue weighted by atomic mass is 9.86. The van der Waals surface area contributed by atoms with Crippen LogP contribution in [-0.2, 0) is 11.2 Å². The van der Waals surface area contributed by atoms with E-state index < -0.39 is 12.1 Å². The molecule has 5 nitrogen and oxygen atoms in total. The number of carbonyl (C=O) groups excluding carboxylic acids is 1. The second kappa shape index (κ2) is 11.0. The summed E-state index contributed by atoms with van der Waals surface area (Å²) in [6, 6.07) is 14.8. The molecule has 1 amide bonds. The van der Waals surface area contributed by atoms with E-state index in [1.54, 1.807) is 18.2 Å². The van der Waals surface area contributed by atoms with E-state index in [4.69, 9.17) is 16.0 Å². The standard InChI is InChI=1S/C26H31ClN2O3/c27-20-13-15-23-22(17-20)29-26(32-23)25(31)21(14-11-18-7-3-1-4-8-18)28-24(30)16-12-19-9-5-2-6-10-19/h1,3-4,7-8,13,15,17,19,21,25,31H,2,5-6,9-12,14,16H2,(H,28,30)/t21-,25?/m0/s1. The maximum Gasteiger partial charge on any atom is 0.226 e. The molecule has 0 saturated heterocycles. The number of aryl methyl sites for hydroxylation is 1. The van der Waals surface area contributed by atoms with Crippen molar-refractivity contribution in [3.63, 3.8) is 0 Å². The number of nitrogens with zero attached hydrogens (tertiary/aromatic N) is 1. The minimum atomic E-state index is -1.04. The van der Waals surface area contributed by atoms with Gasteiger partial charge in [-0.05, 0) is 48.9 Å². The molecule has 0 bridgehead atoms. The van der Waals surface area contributed by atoms with Crippen molar-refractivity contribution in [1.29, 1.82) is 0 Å². The van der Waals surface area contributed by atoms with Crippen LogP contribution in [0.25, 0.3) is 11.1 Å². The third-order valence-electron chi connectivity index (χ3n) is 6.44. The van der Waals surface area contributed by atoms with E-state index in [0.29, 0.717) is 34.9 Å². The van der Waals surface area contributed by atoms with Crippen molar-refractivity contribution in [1.82, 2.24) is 10.3 Å². The highest BCUT2D eigenvalue weighted by Gasteiger charge is 2.27. The number of rotatable bonds is 9. The Labute approximate surface area is 194 Å². The Morgan fingerprint density at radius 1 is 1.16 bits per heavy atom. The van der Waals surface area contributed by atoms with Crippen LogP contribution in [0.5, 0.6) is 0 Å². The highest BCUT2D eigenvalue weighted by molar-refractivity contribution is 6.31. The Kier molecular flexibility index (Phi) is 7.82. The zero-order valence-corrected chi connectivity index (χ0v) is 19.1. The number of hydrogen-bond donors (Lipinski definition) is 2. The van der Waals surface area contributed by atoms with Gasteiger partial charge in [-0.3, -0.25) is 4.79 Å². The molecule has 4 rings (SSSR count). The Bertz CT molecular complexity index is 1010. The van der Waals surface area contributed by atoms with Crippen molar-refractivity contribution in [2.45, 2.75) is 69.9 Å². The summed E-state index contributed by atoms with van der Waals surface area (Å²) in [5.74, 6) is 0.823. The molecular formula is C26H31ClN2O3. The Hall–Kier alpha value is -2.37. The van der Waals surface area contributed by atoms with Crippen LogP contribution in [0.3, 0.4) is 0 Å². The van der Waals surface area contributed by atoms with Crippen molar-refractivity contribution in [2.75, 3.05) is 0 Å². The molecule has 0 radical (unpaired) electrons. The van der Waals surface area contributed by atoms with Crippen LogP contribution < -0.4 is 5.32 Å². The summed E-state index contributed by atoms with van der Waals surface area (Å²) in [7, 11) is 0. The van der Waals surface area contributed by atoms with Gasteiger partial charge in [-0.1, -0.05) is 74.0 Å². The molecule has 2 aromatic carbocycles. The predicted molar refractivity (Wildman–Crippen MR) is 126 cm³/mol. The van der Waals surface area contributed by atoms with Gasteiger partial charge in [0.1, 0.15) is 5.52 Å². The van der Waals surface area contributed by atoms with Crippen molar-refractivity contribution < 1.29 is 14.3 Å². The molecule has 1 aliphatic rings. The first-order valence-electron chi connectivity index (χ1n) is 11.7. The number of aliphatic hydroxyl groups is 1. The fraction of sp³-hybridized carbons (Fsp3) is 0.462. The van der Waals surface area contributed by atoms with Gasteiger partial charge in [0.25, 0.3) is 0 Å². The number of oxazole rings is 1. The van der Waals surface area contributed by atoms with Gasteiger partial charge in [0.15, 0.2) is 11.7 Å². The second-order valence-electron chi connectivity index (χ2n) is 8.85. The molecule has 1 aromatic heterocycles. The largest absolute Gasteiger partial charge is 0.438 e. The summed E-state index contributed by atoms with van der Waals surface area (Å²) >= 11 is 6.05. The van der Waals surface area contributed by atoms with Gasteiger partial charge in [0.2, 0.25) is 11.8 Å². The molecule has 32 heavy (non-hydrogen) atoms. The molecule has 1 saturated carbocycles. The van der Waals surface area contributed by atoms with E-state index in [-0.39, 0.29) is 11.8 Å². The summed E-state index contributed by atoms with van der Waals surface area (Å²) in [6.45, 7) is 0. The zero-order valence-electron chi connectivity index (χ0n) is 18.3. The van der Waals surface area contributed by atoms with Gasteiger partial charge < -0.3 is 14.8 Å². The number of benzene rings is 2. The van der Waals surface area contributed by atoms with Gasteiger partial charge >= 0.3 is 0 Å². The number of nitrogens with one attached hydrogen (secondary N) is 1. The Morgan fingerprint density at radius 2 is 1.94 bits per heavy atom. The van der Waals surface area contributed by atoms with E-state index in [1.165, 1.54) is 32.1 Å². The van der Waals surface area contributed by atoms with Crippen LogP contribution in [0, 0.1) is 5.92 Å². The summed E-state index contributed by atoms with van der Waals surface area (Å²) in [6.07, 6.45) is 7.97. The lowest BCUT2D eigenvalue weighted by Gasteiger charge is -2.24. The summed E-state index contributed by atoms with van der Waals surface area (Å²) in [5.41, 5.74) is 2.32. The first-order chi connectivity index (χ1) is 15.6. The van der Waals surface area contributed by atoms with E-state index in [0.717, 1.165) is 18.4 Å². The fourth-order valence-electron chi connectivity index (χ4n) is 4.58. The number of aliphatic hydroxyl groups excluding tert-OH is 1. The minimum absolute atomic E-state index is 0.0214. The predicted octanol–water partition coefficient (Wildman–Crippen LogP) is 5.99. The lowest BCUT2D eigenvalue weighted by Crippen LogP contribution is -2.40. The highest BCUT2D eigenvalue weighted by Crippen LogP contribution is 2.28. The smallest absolute Gasteiger partial charge is 0.226 e. The quantitative estimate of drug-likeness (QED) is 0.416. The van der Waals surface area contributed by atoms with Gasteiger partial charge in [-0.15, -0.1) is 0 Å². The third kappa shape index (κ3) is 6.11. The van der Waals surface area contributed by atoms with Crippen molar-refractivity contribution in [3.8, 4) is 0 Å². The molecule has 1 unspecified atom stereocenters. The normalized spacial score (nSPS) is 16.7. The molecular weight excluding hydrogens is 424 g/mol. The van der Waals surface area contributed by atoms with Crippen LogP contribution >= 0.6 is 11.6 Å². The molecule has 6 heteroatoms. The highest BCUT2D eigenvalue weighted by atomic mass is 35.5. The number of hydrogen-bond acceptors (Lipinski definition) is 4. The number of amides is 1. The second-order valence-corrected chi connectivity index (χ2v) is 9.29. The maximum atomic E-state index is 12.8. The molecule has 3 aromatic rings. The third-order valence-corrected chi connectivity index (χ3v) is 6.67. The van der Waals surface area contributed by atoms with Crippen molar-refractivity contribution in [2.24, 2.45) is 5.92 Å². The van der Waals surface area contributed by atoms with Crippen LogP contribution in [0.4, 0.5) is 0 Å². The van der Waals surface area contributed by atoms with Crippen LogP contribution in [-0.4, -0.2) is 22.0 Å². The number of aromatic nitrogens is 1. The summed E-state index contributed by atoms with van der Waals surface area (Å²) in [4.78, 5) is 17.2. The van der Waals surface area contributed by atoms with E-state index in [9.17, 15) is 9.90 Å². The van der Waals surface area contributed by atoms with E-state index in [1.807, 2.05) is 18.2 Å². The average molecular weight is 455 g/mol.